The van der Waals surface area contributed by atoms with Crippen molar-refractivity contribution in [1.82, 2.24) is 4.90 Å². The zero-order valence-electron chi connectivity index (χ0n) is 9.56. The standard InChI is InChI=1S/C12H11IN2O3/c13-11-2-1-10(18-11)7-9(8-14)12(16)15-3-5-17-6-4-15/h1-2,7H,3-6H2/b9-7-. The Kier molecular flexibility index (Phi) is 4.38. The number of nitrogens with zero attached hydrogens (tertiary/aromatic N) is 2. The molecule has 1 aliphatic heterocycles. The molecule has 1 aromatic rings. The lowest BCUT2D eigenvalue weighted by Gasteiger charge is -2.26. The second kappa shape index (κ2) is 6.02. The molecule has 0 bridgehead atoms. The number of morpholine rings is 1. The van der Waals surface area contributed by atoms with Crippen molar-refractivity contribution in [2.75, 3.05) is 26.3 Å². The van der Waals surface area contributed by atoms with Crippen LogP contribution < -0.4 is 0 Å². The van der Waals surface area contributed by atoms with E-state index in [1.807, 2.05) is 28.7 Å². The van der Waals surface area contributed by atoms with Crippen LogP contribution in [0.1, 0.15) is 5.76 Å². The van der Waals surface area contributed by atoms with Crippen LogP contribution in [0, 0.1) is 15.1 Å². The first-order valence-corrected chi connectivity index (χ1v) is 6.53. The van der Waals surface area contributed by atoms with Crippen molar-refractivity contribution in [2.45, 2.75) is 0 Å². The summed E-state index contributed by atoms with van der Waals surface area (Å²) < 4.78 is 11.2. The van der Waals surface area contributed by atoms with E-state index in [0.717, 1.165) is 3.77 Å². The summed E-state index contributed by atoms with van der Waals surface area (Å²) in [5.41, 5.74) is 0.0858. The van der Waals surface area contributed by atoms with Gasteiger partial charge in [0.15, 0.2) is 3.77 Å². The molecule has 2 heterocycles. The van der Waals surface area contributed by atoms with E-state index >= 15 is 0 Å². The van der Waals surface area contributed by atoms with Gasteiger partial charge in [0, 0.05) is 19.2 Å². The first-order valence-electron chi connectivity index (χ1n) is 5.45. The van der Waals surface area contributed by atoms with Crippen molar-refractivity contribution in [3.05, 3.63) is 27.2 Å². The highest BCUT2D eigenvalue weighted by atomic mass is 127. The zero-order chi connectivity index (χ0) is 13.0. The summed E-state index contributed by atoms with van der Waals surface area (Å²) >= 11 is 2.03. The van der Waals surface area contributed by atoms with E-state index in [0.29, 0.717) is 32.1 Å². The normalized spacial score (nSPS) is 16.4. The van der Waals surface area contributed by atoms with Gasteiger partial charge in [-0.05, 0) is 34.7 Å². The fourth-order valence-electron chi connectivity index (χ4n) is 1.63. The van der Waals surface area contributed by atoms with Crippen molar-refractivity contribution in [2.24, 2.45) is 0 Å². The number of nitriles is 1. The predicted octanol–water partition coefficient (Wildman–Crippen LogP) is 1.65. The smallest absolute Gasteiger partial charge is 0.264 e. The van der Waals surface area contributed by atoms with Crippen molar-refractivity contribution in [3.8, 4) is 6.07 Å². The Labute approximate surface area is 118 Å². The van der Waals surface area contributed by atoms with Gasteiger partial charge >= 0.3 is 0 Å². The molecule has 1 saturated heterocycles. The first-order chi connectivity index (χ1) is 8.70. The van der Waals surface area contributed by atoms with Crippen LogP contribution >= 0.6 is 22.6 Å². The number of carbonyl (C=O) groups excluding carboxylic acids is 1. The van der Waals surface area contributed by atoms with Crippen LogP contribution in [0.15, 0.2) is 22.1 Å². The molecule has 18 heavy (non-hydrogen) atoms. The van der Waals surface area contributed by atoms with Crippen LogP contribution in [-0.4, -0.2) is 37.1 Å². The van der Waals surface area contributed by atoms with Crippen LogP contribution in [0.3, 0.4) is 0 Å². The molecule has 5 nitrogen and oxygen atoms in total. The molecular weight excluding hydrogens is 347 g/mol. The summed E-state index contributed by atoms with van der Waals surface area (Å²) in [7, 11) is 0. The molecule has 1 aromatic heterocycles. The highest BCUT2D eigenvalue weighted by Gasteiger charge is 2.20. The monoisotopic (exact) mass is 358 g/mol. The maximum absolute atomic E-state index is 12.1. The van der Waals surface area contributed by atoms with Gasteiger partial charge in [-0.15, -0.1) is 0 Å². The first kappa shape index (κ1) is 13.1. The minimum atomic E-state index is -0.271. The third-order valence-corrected chi connectivity index (χ3v) is 3.11. The van der Waals surface area contributed by atoms with E-state index in [2.05, 4.69) is 0 Å². The number of hydrogen-bond acceptors (Lipinski definition) is 4. The van der Waals surface area contributed by atoms with Gasteiger partial charge in [-0.25, -0.2) is 0 Å². The summed E-state index contributed by atoms with van der Waals surface area (Å²) in [6, 6.07) is 5.43. The molecule has 0 aromatic carbocycles. The van der Waals surface area contributed by atoms with Crippen molar-refractivity contribution in [1.29, 1.82) is 5.26 Å². The number of ether oxygens (including phenoxy) is 1. The van der Waals surface area contributed by atoms with E-state index in [1.54, 1.807) is 17.0 Å². The number of hydrogen-bond donors (Lipinski definition) is 0. The minimum absolute atomic E-state index is 0.0858. The quantitative estimate of drug-likeness (QED) is 0.458. The molecule has 0 atom stereocenters. The topological polar surface area (TPSA) is 66.5 Å². The zero-order valence-corrected chi connectivity index (χ0v) is 11.7. The minimum Gasteiger partial charge on any atom is -0.451 e. The number of carbonyl (C=O) groups is 1. The molecule has 6 heteroatoms. The van der Waals surface area contributed by atoms with Crippen molar-refractivity contribution < 1.29 is 13.9 Å². The number of halogens is 1. The molecule has 0 N–H and O–H groups in total. The Hall–Kier alpha value is -1.33. The predicted molar refractivity (Wildman–Crippen MR) is 72.4 cm³/mol. The maximum Gasteiger partial charge on any atom is 0.264 e. The van der Waals surface area contributed by atoms with Crippen LogP contribution in [0.4, 0.5) is 0 Å². The number of amides is 1. The molecule has 0 saturated carbocycles. The van der Waals surface area contributed by atoms with E-state index in [1.165, 1.54) is 6.08 Å². The van der Waals surface area contributed by atoms with Gasteiger partial charge in [-0.1, -0.05) is 0 Å². The second-order valence-corrected chi connectivity index (χ2v) is 4.78. The highest BCUT2D eigenvalue weighted by molar-refractivity contribution is 14.1. The van der Waals surface area contributed by atoms with Gasteiger partial charge in [-0.3, -0.25) is 4.79 Å². The molecule has 94 valence electrons. The molecule has 0 unspecified atom stereocenters. The maximum atomic E-state index is 12.1. The second-order valence-electron chi connectivity index (χ2n) is 3.72. The van der Waals surface area contributed by atoms with E-state index in [-0.39, 0.29) is 11.5 Å². The molecule has 2 rings (SSSR count). The molecule has 0 spiro atoms. The van der Waals surface area contributed by atoms with Gasteiger partial charge in [0.2, 0.25) is 0 Å². The summed E-state index contributed by atoms with van der Waals surface area (Å²) in [6.45, 7) is 2.08. The molecule has 1 aliphatic rings. The van der Waals surface area contributed by atoms with Gasteiger partial charge in [0.05, 0.1) is 13.2 Å². The van der Waals surface area contributed by atoms with Crippen molar-refractivity contribution in [3.63, 3.8) is 0 Å². The Morgan fingerprint density at radius 1 is 1.44 bits per heavy atom. The lowest BCUT2D eigenvalue weighted by molar-refractivity contribution is -0.130. The van der Waals surface area contributed by atoms with Crippen LogP contribution in [0.25, 0.3) is 6.08 Å². The average molecular weight is 358 g/mol. The number of rotatable bonds is 2. The van der Waals surface area contributed by atoms with Gasteiger partial charge in [0.25, 0.3) is 5.91 Å². The third-order valence-electron chi connectivity index (χ3n) is 2.53. The van der Waals surface area contributed by atoms with Crippen LogP contribution in [0.2, 0.25) is 0 Å². The Morgan fingerprint density at radius 2 is 2.17 bits per heavy atom. The molecule has 1 fully saturated rings. The van der Waals surface area contributed by atoms with Gasteiger partial charge in [0.1, 0.15) is 17.4 Å². The summed E-state index contributed by atoms with van der Waals surface area (Å²) in [5.74, 6) is 0.241. The lowest BCUT2D eigenvalue weighted by atomic mass is 10.2. The highest BCUT2D eigenvalue weighted by Crippen LogP contribution is 2.15. The molecule has 1 amide bonds. The molecule has 0 radical (unpaired) electrons. The van der Waals surface area contributed by atoms with E-state index in [4.69, 9.17) is 14.4 Å². The van der Waals surface area contributed by atoms with Crippen LogP contribution in [-0.2, 0) is 9.53 Å². The SMILES string of the molecule is N#C/C(=C/c1ccc(I)o1)C(=O)N1CCOCC1. The summed E-state index contributed by atoms with van der Waals surface area (Å²) in [4.78, 5) is 13.7. The number of furan rings is 1. The fraction of sp³-hybridized carbons (Fsp3) is 0.333. The van der Waals surface area contributed by atoms with Crippen molar-refractivity contribution >= 4 is 34.6 Å². The van der Waals surface area contributed by atoms with Gasteiger partial charge in [-0.2, -0.15) is 5.26 Å². The fourth-order valence-corrected chi connectivity index (χ4v) is 2.06. The Morgan fingerprint density at radius 3 is 2.72 bits per heavy atom. The van der Waals surface area contributed by atoms with E-state index < -0.39 is 0 Å². The summed E-state index contributed by atoms with van der Waals surface area (Å²) in [6.07, 6.45) is 1.47. The third kappa shape index (κ3) is 3.11. The largest absolute Gasteiger partial charge is 0.451 e. The Balaban J connectivity index is 2.15. The Bertz CT molecular complexity index is 510. The molecule has 0 aliphatic carbocycles. The summed E-state index contributed by atoms with van der Waals surface area (Å²) in [5, 5.41) is 9.05. The molecular formula is C12H11IN2O3. The van der Waals surface area contributed by atoms with Gasteiger partial charge < -0.3 is 14.1 Å². The van der Waals surface area contributed by atoms with Crippen LogP contribution in [0.5, 0.6) is 0 Å². The average Bonchev–Trinajstić information content (AvgIpc) is 2.82. The van der Waals surface area contributed by atoms with E-state index in [9.17, 15) is 4.79 Å². The lowest BCUT2D eigenvalue weighted by Crippen LogP contribution is -2.41.